The molecule has 31 heavy (non-hydrogen) atoms. The van der Waals surface area contributed by atoms with E-state index in [1.807, 2.05) is 6.29 Å². The summed E-state index contributed by atoms with van der Waals surface area (Å²) in [7, 11) is 0. The van der Waals surface area contributed by atoms with Gasteiger partial charge in [0.05, 0.1) is 12.0 Å². The van der Waals surface area contributed by atoms with Crippen molar-refractivity contribution in [2.24, 2.45) is 5.92 Å². The molecule has 0 spiro atoms. The summed E-state index contributed by atoms with van der Waals surface area (Å²) < 4.78 is 5.99. The first-order valence-electron chi connectivity index (χ1n) is 13.3. The van der Waals surface area contributed by atoms with Gasteiger partial charge in [-0.1, -0.05) is 96.3 Å². The van der Waals surface area contributed by atoms with Crippen LogP contribution in [0.4, 0.5) is 0 Å². The summed E-state index contributed by atoms with van der Waals surface area (Å²) in [5, 5.41) is 0. The second-order valence-electron chi connectivity index (χ2n) is 9.44. The zero-order chi connectivity index (χ0) is 22.4. The lowest BCUT2D eigenvalue weighted by Crippen LogP contribution is -2.17. The van der Waals surface area contributed by atoms with Crippen molar-refractivity contribution >= 4 is 29.5 Å². The summed E-state index contributed by atoms with van der Waals surface area (Å²) in [5.74, 6) is -0.312. The van der Waals surface area contributed by atoms with Crippen LogP contribution in [0.15, 0.2) is 0 Å². The Morgan fingerprint density at radius 2 is 1.13 bits per heavy atom. The van der Waals surface area contributed by atoms with E-state index in [0.29, 0.717) is 6.10 Å². The minimum Gasteiger partial charge on any atom is -0.378 e. The highest BCUT2D eigenvalue weighted by Crippen LogP contribution is 2.21. The fourth-order valence-corrected chi connectivity index (χ4v) is 4.85. The zero-order valence-corrected chi connectivity index (χ0v) is 21.5. The molecule has 1 rings (SSSR count). The van der Waals surface area contributed by atoms with Crippen LogP contribution in [0.5, 0.6) is 0 Å². The molecule has 0 aromatic carbocycles. The number of hydrogen-bond acceptors (Lipinski definition) is 2. The Balaban J connectivity index is 1.68. The summed E-state index contributed by atoms with van der Waals surface area (Å²) in [5.41, 5.74) is 0. The highest BCUT2D eigenvalue weighted by molar-refractivity contribution is 6.45. The molecular formula is C27H48Cl2O2. The average molecular weight is 476 g/mol. The number of unbranched alkanes of at least 4 members (excludes halogenated alkanes) is 15. The van der Waals surface area contributed by atoms with Crippen molar-refractivity contribution in [2.45, 2.75) is 146 Å². The number of hydrogen-bond donors (Lipinski definition) is 0. The van der Waals surface area contributed by atoms with E-state index < -0.39 is 4.84 Å². The topological polar surface area (TPSA) is 26.3 Å². The molecular weight excluding hydrogens is 427 g/mol. The molecule has 1 aliphatic carbocycles. The highest BCUT2D eigenvalue weighted by atomic mass is 35.5. The maximum atomic E-state index is 10.7. The normalized spacial score (nSPS) is 16.1. The molecule has 1 aliphatic rings. The largest absolute Gasteiger partial charge is 0.378 e. The molecule has 2 nitrogen and oxygen atoms in total. The third kappa shape index (κ3) is 18.3. The van der Waals surface area contributed by atoms with Crippen molar-refractivity contribution in [1.29, 1.82) is 0 Å². The van der Waals surface area contributed by atoms with Crippen LogP contribution in [0.2, 0.25) is 0 Å². The molecule has 182 valence electrons. The number of alkyl halides is 2. The second-order valence-corrected chi connectivity index (χ2v) is 10.6. The number of halogens is 2. The van der Waals surface area contributed by atoms with Crippen molar-refractivity contribution in [3.8, 4) is 0 Å². The predicted octanol–water partition coefficient (Wildman–Crippen LogP) is 9.31. The Hall–Kier alpha value is 0.210. The van der Waals surface area contributed by atoms with E-state index >= 15 is 0 Å². The van der Waals surface area contributed by atoms with Crippen LogP contribution in [0, 0.1) is 12.3 Å². The van der Waals surface area contributed by atoms with Gasteiger partial charge in [-0.05, 0) is 44.9 Å². The van der Waals surface area contributed by atoms with Crippen LogP contribution in [0.1, 0.15) is 135 Å². The number of carbonyl (C=O) groups excluding carboxylic acids is 1. The average Bonchev–Trinajstić information content (AvgIpc) is 2.78. The van der Waals surface area contributed by atoms with E-state index in [9.17, 15) is 4.79 Å². The van der Waals surface area contributed by atoms with E-state index in [1.54, 1.807) is 0 Å². The summed E-state index contributed by atoms with van der Waals surface area (Å²) in [6, 6.07) is 0. The molecule has 1 atom stereocenters. The Morgan fingerprint density at radius 3 is 1.55 bits per heavy atom. The van der Waals surface area contributed by atoms with E-state index in [-0.39, 0.29) is 5.92 Å². The van der Waals surface area contributed by atoms with Crippen molar-refractivity contribution in [2.75, 3.05) is 6.61 Å². The highest BCUT2D eigenvalue weighted by Gasteiger charge is 2.16. The number of ether oxygens (including phenoxy) is 1. The molecule has 1 fully saturated rings. The summed E-state index contributed by atoms with van der Waals surface area (Å²) in [6.45, 7) is 0.979. The quantitative estimate of drug-likeness (QED) is 0.115. The molecule has 0 bridgehead atoms. The molecule has 1 saturated carbocycles. The molecule has 0 saturated heterocycles. The van der Waals surface area contributed by atoms with Crippen molar-refractivity contribution < 1.29 is 9.53 Å². The van der Waals surface area contributed by atoms with Gasteiger partial charge in [0.2, 0.25) is 6.29 Å². The van der Waals surface area contributed by atoms with Gasteiger partial charge in [0.15, 0.2) is 0 Å². The molecule has 4 heteroatoms. The molecule has 0 heterocycles. The van der Waals surface area contributed by atoms with Crippen LogP contribution in [0.25, 0.3) is 0 Å². The molecule has 0 aromatic rings. The maximum absolute atomic E-state index is 10.7. The fourth-order valence-electron chi connectivity index (χ4n) is 4.49. The van der Waals surface area contributed by atoms with Gasteiger partial charge in [-0.25, -0.2) is 0 Å². The van der Waals surface area contributed by atoms with Gasteiger partial charge in [-0.2, -0.15) is 0 Å². The predicted molar refractivity (Wildman–Crippen MR) is 136 cm³/mol. The Morgan fingerprint density at radius 1 is 0.710 bits per heavy atom. The minimum absolute atomic E-state index is 0.312. The lowest BCUT2D eigenvalue weighted by molar-refractivity contribution is 0.0326. The lowest BCUT2D eigenvalue weighted by Gasteiger charge is -2.21. The number of rotatable bonds is 22. The Kier molecular flexibility index (Phi) is 20.8. The second kappa shape index (κ2) is 22.0. The fraction of sp³-hybridized carbons (Fsp3) is 0.926. The van der Waals surface area contributed by atoms with E-state index in [0.717, 1.165) is 19.4 Å². The van der Waals surface area contributed by atoms with E-state index in [1.165, 1.54) is 122 Å². The van der Waals surface area contributed by atoms with Gasteiger partial charge in [-0.15, -0.1) is 23.2 Å². The van der Waals surface area contributed by atoms with Crippen LogP contribution in [-0.4, -0.2) is 23.8 Å². The van der Waals surface area contributed by atoms with Crippen LogP contribution in [0.3, 0.4) is 0 Å². The lowest BCUT2D eigenvalue weighted by atomic mass is 9.98. The molecule has 0 N–H and O–H groups in total. The Bertz CT molecular complexity index is 383. The van der Waals surface area contributed by atoms with Gasteiger partial charge < -0.3 is 4.74 Å². The monoisotopic (exact) mass is 474 g/mol. The van der Waals surface area contributed by atoms with Crippen LogP contribution in [-0.2, 0) is 9.53 Å². The third-order valence-corrected chi connectivity index (χ3v) is 7.21. The van der Waals surface area contributed by atoms with E-state index in [4.69, 9.17) is 27.9 Å². The van der Waals surface area contributed by atoms with Gasteiger partial charge in [0.25, 0.3) is 0 Å². The van der Waals surface area contributed by atoms with Crippen molar-refractivity contribution in [1.82, 2.24) is 0 Å². The first-order valence-corrected chi connectivity index (χ1v) is 14.2. The molecule has 0 amide bonds. The smallest absolute Gasteiger partial charge is 0.204 e. The maximum Gasteiger partial charge on any atom is 0.204 e. The summed E-state index contributed by atoms with van der Waals surface area (Å²) in [4.78, 5) is 10.1. The third-order valence-electron chi connectivity index (χ3n) is 6.60. The van der Waals surface area contributed by atoms with Gasteiger partial charge in [0.1, 0.15) is 4.84 Å². The van der Waals surface area contributed by atoms with Gasteiger partial charge in [0, 0.05) is 6.61 Å². The molecule has 0 aromatic heterocycles. The zero-order valence-electron chi connectivity index (χ0n) is 19.9. The standard InChI is InChI=1S/C27H48Cl2O2/c28-27(29)25(24-30)20-16-13-11-9-7-5-3-1-2-4-6-8-10-12-14-19-23-31-26-21-17-15-18-22-26/h15,25-27H,1-14,16-23H2. The minimum atomic E-state index is -0.604. The molecule has 0 aliphatic heterocycles. The van der Waals surface area contributed by atoms with Crippen molar-refractivity contribution in [3.05, 3.63) is 6.42 Å². The van der Waals surface area contributed by atoms with Crippen molar-refractivity contribution in [3.63, 3.8) is 0 Å². The van der Waals surface area contributed by atoms with Gasteiger partial charge in [-0.3, -0.25) is 4.79 Å². The first kappa shape index (κ1) is 29.2. The molecule has 2 radical (unpaired) electrons. The van der Waals surface area contributed by atoms with Gasteiger partial charge >= 0.3 is 0 Å². The van der Waals surface area contributed by atoms with Crippen LogP contribution < -0.4 is 0 Å². The summed E-state index contributed by atoms with van der Waals surface area (Å²) in [6.07, 6.45) is 32.0. The summed E-state index contributed by atoms with van der Waals surface area (Å²) >= 11 is 11.5. The first-order chi connectivity index (χ1) is 15.2. The SMILES string of the molecule is O=[C]C(CCCCCCCCCCCCCCCCCCOC1CC[CH]CC1)C(Cl)Cl. The Labute approximate surface area is 203 Å². The van der Waals surface area contributed by atoms with Crippen LogP contribution >= 0.6 is 23.2 Å². The van der Waals surface area contributed by atoms with E-state index in [2.05, 4.69) is 6.42 Å². The molecule has 1 unspecified atom stereocenters.